The van der Waals surface area contributed by atoms with Gasteiger partial charge in [-0.2, -0.15) is 4.98 Å². The quantitative estimate of drug-likeness (QED) is 0.863. The van der Waals surface area contributed by atoms with E-state index < -0.39 is 17.5 Å². The van der Waals surface area contributed by atoms with Crippen LogP contribution >= 0.6 is 23.2 Å². The molecule has 0 spiro atoms. The maximum atomic E-state index is 13.4. The summed E-state index contributed by atoms with van der Waals surface area (Å²) in [7, 11) is 0. The molecule has 94 valence electrons. The van der Waals surface area contributed by atoms with E-state index >= 15 is 0 Å². The molecule has 9 heteroatoms. The van der Waals surface area contributed by atoms with Crippen molar-refractivity contribution < 1.29 is 13.2 Å². The zero-order valence-electron chi connectivity index (χ0n) is 8.39. The van der Waals surface area contributed by atoms with Crippen LogP contribution in [-0.4, -0.2) is 15.2 Å². The molecule has 0 atom stereocenters. The largest absolute Gasteiger partial charge is 0.335 e. The van der Waals surface area contributed by atoms with Crippen molar-refractivity contribution in [2.45, 2.75) is 0 Å². The van der Waals surface area contributed by atoms with Crippen LogP contribution in [0.2, 0.25) is 10.4 Å². The summed E-state index contributed by atoms with van der Waals surface area (Å²) in [5, 5.41) is 8.67. The highest BCUT2D eigenvalue weighted by Gasteiger charge is 2.15. The van der Waals surface area contributed by atoms with Crippen LogP contribution in [0.15, 0.2) is 12.1 Å². The highest BCUT2D eigenvalue weighted by molar-refractivity contribution is 6.32. The third-order valence-corrected chi connectivity index (χ3v) is 2.32. The van der Waals surface area contributed by atoms with Gasteiger partial charge in [0, 0.05) is 0 Å². The van der Waals surface area contributed by atoms with Crippen LogP contribution in [0.3, 0.4) is 0 Å². The molecule has 0 aliphatic heterocycles. The van der Waals surface area contributed by atoms with E-state index in [1.165, 1.54) is 0 Å². The van der Waals surface area contributed by atoms with Gasteiger partial charge in [-0.1, -0.05) is 11.6 Å². The Morgan fingerprint density at radius 2 is 1.72 bits per heavy atom. The van der Waals surface area contributed by atoms with E-state index in [1.807, 2.05) is 0 Å². The third kappa shape index (κ3) is 2.46. The van der Waals surface area contributed by atoms with Crippen molar-refractivity contribution in [3.63, 3.8) is 0 Å². The van der Waals surface area contributed by atoms with E-state index in [0.29, 0.717) is 0 Å². The minimum atomic E-state index is -1.61. The van der Waals surface area contributed by atoms with Gasteiger partial charge in [0.1, 0.15) is 0 Å². The molecule has 0 radical (unpaired) electrons. The summed E-state index contributed by atoms with van der Waals surface area (Å²) in [5.41, 5.74) is -0.354. The zero-order chi connectivity index (χ0) is 13.3. The number of anilines is 2. The van der Waals surface area contributed by atoms with Crippen molar-refractivity contribution >= 4 is 34.7 Å². The van der Waals surface area contributed by atoms with Gasteiger partial charge in [0.05, 0.1) is 5.69 Å². The topological polar surface area (TPSA) is 50.7 Å². The molecule has 1 aromatic carbocycles. The number of hydrogen-bond donors (Lipinski definition) is 1. The Balaban J connectivity index is 2.40. The highest BCUT2D eigenvalue weighted by Crippen LogP contribution is 2.25. The number of benzene rings is 1. The summed E-state index contributed by atoms with van der Waals surface area (Å²) in [6.07, 6.45) is 0. The van der Waals surface area contributed by atoms with Gasteiger partial charge in [-0.15, -0.1) is 10.2 Å². The Hall–Kier alpha value is -1.60. The Bertz CT molecular complexity index is 609. The molecule has 2 aromatic rings. The van der Waals surface area contributed by atoms with Crippen molar-refractivity contribution in [3.8, 4) is 0 Å². The molecule has 0 saturated heterocycles. The summed E-state index contributed by atoms with van der Waals surface area (Å²) in [5.74, 6) is -4.44. The maximum Gasteiger partial charge on any atom is 0.245 e. The number of halogens is 5. The summed E-state index contributed by atoms with van der Waals surface area (Å²) in [6, 6.07) is 1.74. The molecule has 0 aliphatic carbocycles. The molecular formula is C9H3Cl2F3N4. The molecule has 0 unspecified atom stereocenters. The van der Waals surface area contributed by atoms with Gasteiger partial charge in [-0.05, 0) is 23.7 Å². The molecule has 0 amide bonds. The van der Waals surface area contributed by atoms with E-state index in [1.54, 1.807) is 0 Å². The molecule has 1 heterocycles. The van der Waals surface area contributed by atoms with Crippen molar-refractivity contribution in [3.05, 3.63) is 40.0 Å². The maximum absolute atomic E-state index is 13.4. The van der Waals surface area contributed by atoms with Crippen LogP contribution in [0.25, 0.3) is 0 Å². The smallest absolute Gasteiger partial charge is 0.245 e. The van der Waals surface area contributed by atoms with Gasteiger partial charge in [-0.25, -0.2) is 13.2 Å². The van der Waals surface area contributed by atoms with Gasteiger partial charge in [0.25, 0.3) is 0 Å². The lowest BCUT2D eigenvalue weighted by molar-refractivity contribution is 0.449. The molecule has 0 fully saturated rings. The predicted molar refractivity (Wildman–Crippen MR) is 59.4 cm³/mol. The molecule has 0 saturated carbocycles. The highest BCUT2D eigenvalue weighted by atomic mass is 35.5. The van der Waals surface area contributed by atoms with Gasteiger partial charge < -0.3 is 5.32 Å². The summed E-state index contributed by atoms with van der Waals surface area (Å²) >= 11 is 11.1. The first-order valence-corrected chi connectivity index (χ1v) is 5.21. The average molecular weight is 295 g/mol. The van der Waals surface area contributed by atoms with Crippen molar-refractivity contribution in [2.75, 3.05) is 5.32 Å². The molecule has 18 heavy (non-hydrogen) atoms. The Morgan fingerprint density at radius 1 is 1.00 bits per heavy atom. The molecule has 0 bridgehead atoms. The second-order valence-electron chi connectivity index (χ2n) is 3.07. The lowest BCUT2D eigenvalue weighted by Crippen LogP contribution is -2.02. The summed E-state index contributed by atoms with van der Waals surface area (Å²) in [4.78, 5) is 3.63. The van der Waals surface area contributed by atoms with E-state index in [-0.39, 0.29) is 21.9 Å². The fourth-order valence-corrected chi connectivity index (χ4v) is 1.37. The van der Waals surface area contributed by atoms with Crippen LogP contribution in [0.4, 0.5) is 24.7 Å². The Morgan fingerprint density at radius 3 is 2.44 bits per heavy atom. The van der Waals surface area contributed by atoms with Crippen molar-refractivity contribution in [1.29, 1.82) is 0 Å². The van der Waals surface area contributed by atoms with Gasteiger partial charge in [0.15, 0.2) is 28.4 Å². The van der Waals surface area contributed by atoms with Crippen LogP contribution in [-0.2, 0) is 0 Å². The summed E-state index contributed by atoms with van der Waals surface area (Å²) in [6.45, 7) is 0. The second kappa shape index (κ2) is 4.95. The fourth-order valence-electron chi connectivity index (χ4n) is 1.12. The first-order chi connectivity index (χ1) is 8.49. The normalized spacial score (nSPS) is 10.5. The third-order valence-electron chi connectivity index (χ3n) is 1.91. The van der Waals surface area contributed by atoms with Crippen molar-refractivity contribution in [2.24, 2.45) is 0 Å². The van der Waals surface area contributed by atoms with Crippen molar-refractivity contribution in [1.82, 2.24) is 15.2 Å². The molecule has 2 rings (SSSR count). The molecule has 1 aromatic heterocycles. The lowest BCUT2D eigenvalue weighted by Gasteiger charge is -2.08. The Labute approximate surface area is 109 Å². The van der Waals surface area contributed by atoms with Crippen LogP contribution in [0.1, 0.15) is 0 Å². The summed E-state index contributed by atoms with van der Waals surface area (Å²) < 4.78 is 39.1. The monoisotopic (exact) mass is 294 g/mol. The Kier molecular flexibility index (Phi) is 3.53. The second-order valence-corrected chi connectivity index (χ2v) is 3.76. The first-order valence-electron chi connectivity index (χ1n) is 4.45. The molecule has 0 aliphatic rings. The lowest BCUT2D eigenvalue weighted by atomic mass is 10.3. The van der Waals surface area contributed by atoms with Crippen LogP contribution < -0.4 is 5.32 Å². The zero-order valence-corrected chi connectivity index (χ0v) is 9.90. The number of aromatic nitrogens is 3. The number of nitrogens with zero attached hydrogens (tertiary/aromatic N) is 3. The van der Waals surface area contributed by atoms with Crippen LogP contribution in [0, 0.1) is 17.5 Å². The molecule has 1 N–H and O–H groups in total. The first kappa shape index (κ1) is 12.8. The minimum absolute atomic E-state index is 0.124. The van der Waals surface area contributed by atoms with Gasteiger partial charge in [0.2, 0.25) is 5.28 Å². The van der Waals surface area contributed by atoms with Crippen LogP contribution in [0.5, 0.6) is 0 Å². The van der Waals surface area contributed by atoms with Gasteiger partial charge >= 0.3 is 0 Å². The molecule has 4 nitrogen and oxygen atoms in total. The number of nitrogens with one attached hydrogen (secondary N) is 1. The van der Waals surface area contributed by atoms with Gasteiger partial charge in [-0.3, -0.25) is 0 Å². The fraction of sp³-hybridized carbons (Fsp3) is 0. The average Bonchev–Trinajstić information content (AvgIpc) is 2.34. The van der Waals surface area contributed by atoms with E-state index in [4.69, 9.17) is 23.2 Å². The standard InChI is InChI=1S/C9H3Cl2F3N4/c10-7-8(16-9(11)18-17-7)15-4-2-1-3(12)5(13)6(4)14/h1-2H,(H,15,16,18). The van der Waals surface area contributed by atoms with E-state index in [2.05, 4.69) is 20.5 Å². The van der Waals surface area contributed by atoms with E-state index in [0.717, 1.165) is 12.1 Å². The SMILES string of the molecule is Fc1ccc(Nc2nc(Cl)nnc2Cl)c(F)c1F. The number of rotatable bonds is 2. The molecular weight excluding hydrogens is 292 g/mol. The minimum Gasteiger partial charge on any atom is -0.335 e. The predicted octanol–water partition coefficient (Wildman–Crippen LogP) is 3.34. The number of hydrogen-bond acceptors (Lipinski definition) is 4. The van der Waals surface area contributed by atoms with E-state index in [9.17, 15) is 13.2 Å².